The first-order valence-electron chi connectivity index (χ1n) is 9.06. The first-order valence-corrected chi connectivity index (χ1v) is 9.85. The number of carbonyl (C=O) groups excluding carboxylic acids is 2. The number of hydrogen-bond donors (Lipinski definition) is 1. The van der Waals surface area contributed by atoms with E-state index in [1.54, 1.807) is 36.4 Å². The first-order chi connectivity index (χ1) is 14.5. The Morgan fingerprint density at radius 1 is 1.17 bits per heavy atom. The third-order valence-corrected chi connectivity index (χ3v) is 4.69. The average molecular weight is 467 g/mol. The van der Waals surface area contributed by atoms with Gasteiger partial charge >= 0.3 is 0 Å². The summed E-state index contributed by atoms with van der Waals surface area (Å²) < 4.78 is 12.3. The third kappa shape index (κ3) is 5.31. The van der Waals surface area contributed by atoms with E-state index in [1.807, 2.05) is 24.3 Å². The van der Waals surface area contributed by atoms with Crippen LogP contribution in [0.25, 0.3) is 0 Å². The molecule has 0 aliphatic heterocycles. The molecule has 1 aromatic heterocycles. The van der Waals surface area contributed by atoms with Gasteiger partial charge in [-0.3, -0.25) is 14.5 Å². The predicted octanol–water partition coefficient (Wildman–Crippen LogP) is 4.00. The Bertz CT molecular complexity index is 1100. The SMILES string of the molecule is C#Cc1cccc(N(CC(=O)NC)C(=O)c2ccc(COc3cccc(Br)c3)o2)c1. The molecule has 3 rings (SSSR count). The van der Waals surface area contributed by atoms with E-state index in [0.717, 1.165) is 4.47 Å². The molecule has 0 unspecified atom stereocenters. The minimum Gasteiger partial charge on any atom is -0.486 e. The summed E-state index contributed by atoms with van der Waals surface area (Å²) in [5.41, 5.74) is 1.10. The first kappa shape index (κ1) is 21.2. The van der Waals surface area contributed by atoms with Crippen molar-refractivity contribution < 1.29 is 18.7 Å². The number of carbonyl (C=O) groups is 2. The lowest BCUT2D eigenvalue weighted by Gasteiger charge is -2.21. The monoisotopic (exact) mass is 466 g/mol. The van der Waals surface area contributed by atoms with Crippen molar-refractivity contribution in [1.29, 1.82) is 0 Å². The lowest BCUT2D eigenvalue weighted by molar-refractivity contribution is -0.119. The van der Waals surface area contributed by atoms with Crippen LogP contribution < -0.4 is 15.0 Å². The highest BCUT2D eigenvalue weighted by Crippen LogP contribution is 2.22. The molecule has 0 aliphatic rings. The van der Waals surface area contributed by atoms with Gasteiger partial charge in [-0.2, -0.15) is 0 Å². The molecule has 0 saturated carbocycles. The largest absolute Gasteiger partial charge is 0.486 e. The van der Waals surface area contributed by atoms with Gasteiger partial charge in [0.1, 0.15) is 24.7 Å². The molecule has 2 amide bonds. The Kier molecular flexibility index (Phi) is 6.94. The summed E-state index contributed by atoms with van der Waals surface area (Å²) >= 11 is 3.39. The molecule has 2 aromatic carbocycles. The van der Waals surface area contributed by atoms with Crippen molar-refractivity contribution in [3.05, 3.63) is 82.2 Å². The molecule has 1 N–H and O–H groups in total. The zero-order valence-corrected chi connectivity index (χ0v) is 17.8. The Balaban J connectivity index is 1.79. The molecule has 0 fully saturated rings. The standard InChI is InChI=1S/C23H19BrN2O4/c1-3-16-6-4-8-18(12-16)26(14-22(27)25-2)23(28)21-11-10-20(30-21)15-29-19-9-5-7-17(24)13-19/h1,4-13H,14-15H2,2H3,(H,25,27). The lowest BCUT2D eigenvalue weighted by atomic mass is 10.2. The fourth-order valence-corrected chi connectivity index (χ4v) is 3.06. The molecule has 0 spiro atoms. The van der Waals surface area contributed by atoms with Crippen molar-refractivity contribution in [2.24, 2.45) is 0 Å². The van der Waals surface area contributed by atoms with Gasteiger partial charge in [0.05, 0.1) is 0 Å². The number of terminal acetylenes is 1. The van der Waals surface area contributed by atoms with Crippen LogP contribution in [0.5, 0.6) is 5.75 Å². The van der Waals surface area contributed by atoms with Gasteiger partial charge in [-0.15, -0.1) is 6.42 Å². The third-order valence-electron chi connectivity index (χ3n) is 4.20. The summed E-state index contributed by atoms with van der Waals surface area (Å²) in [6.45, 7) is -0.0142. The fraction of sp³-hybridized carbons (Fsp3) is 0.130. The van der Waals surface area contributed by atoms with Crippen LogP contribution in [0.3, 0.4) is 0 Å². The Labute approximate surface area is 183 Å². The number of halogens is 1. The number of ether oxygens (including phenoxy) is 1. The van der Waals surface area contributed by atoms with Gasteiger partial charge < -0.3 is 14.5 Å². The molecule has 152 valence electrons. The molecule has 1 heterocycles. The maximum atomic E-state index is 13.1. The van der Waals surface area contributed by atoms with Crippen molar-refractivity contribution in [3.63, 3.8) is 0 Å². The number of rotatable bonds is 7. The van der Waals surface area contributed by atoms with Gasteiger partial charge in [0.15, 0.2) is 5.76 Å². The zero-order chi connectivity index (χ0) is 21.5. The minimum absolute atomic E-state index is 0.0952. The Hall–Kier alpha value is -3.50. The number of anilines is 1. The van der Waals surface area contributed by atoms with Crippen LogP contribution >= 0.6 is 15.9 Å². The Morgan fingerprint density at radius 2 is 1.97 bits per heavy atom. The highest BCUT2D eigenvalue weighted by molar-refractivity contribution is 9.10. The summed E-state index contributed by atoms with van der Waals surface area (Å²) in [6, 6.07) is 17.5. The number of likely N-dealkylation sites (N-methyl/N-ethyl adjacent to an activating group) is 1. The second-order valence-electron chi connectivity index (χ2n) is 6.27. The normalized spacial score (nSPS) is 10.2. The maximum absolute atomic E-state index is 13.1. The van der Waals surface area contributed by atoms with Gasteiger partial charge in [-0.1, -0.05) is 34.0 Å². The van der Waals surface area contributed by atoms with E-state index in [4.69, 9.17) is 15.6 Å². The maximum Gasteiger partial charge on any atom is 0.294 e. The second kappa shape index (κ2) is 9.81. The number of amides is 2. The summed E-state index contributed by atoms with van der Waals surface area (Å²) in [6.07, 6.45) is 5.46. The van der Waals surface area contributed by atoms with Crippen LogP contribution in [0.15, 0.2) is 69.6 Å². The molecule has 7 heteroatoms. The number of nitrogens with zero attached hydrogens (tertiary/aromatic N) is 1. The highest BCUT2D eigenvalue weighted by Gasteiger charge is 2.23. The number of nitrogens with one attached hydrogen (secondary N) is 1. The molecule has 0 bridgehead atoms. The molecule has 0 aliphatic carbocycles. The van der Waals surface area contributed by atoms with Crippen LogP contribution in [-0.2, 0) is 11.4 Å². The highest BCUT2D eigenvalue weighted by atomic mass is 79.9. The van der Waals surface area contributed by atoms with Crippen LogP contribution in [0, 0.1) is 12.3 Å². The van der Waals surface area contributed by atoms with E-state index < -0.39 is 5.91 Å². The van der Waals surface area contributed by atoms with E-state index >= 15 is 0 Å². The summed E-state index contributed by atoms with van der Waals surface area (Å²) in [5.74, 6) is 2.99. The second-order valence-corrected chi connectivity index (χ2v) is 7.19. The van der Waals surface area contributed by atoms with E-state index in [0.29, 0.717) is 22.8 Å². The lowest BCUT2D eigenvalue weighted by Crippen LogP contribution is -2.39. The van der Waals surface area contributed by atoms with Crippen LogP contribution in [0.2, 0.25) is 0 Å². The minimum atomic E-state index is -0.457. The molecule has 0 saturated heterocycles. The Morgan fingerprint density at radius 3 is 2.70 bits per heavy atom. The van der Waals surface area contributed by atoms with Crippen molar-refractivity contribution in [3.8, 4) is 18.1 Å². The molecule has 3 aromatic rings. The zero-order valence-electron chi connectivity index (χ0n) is 16.2. The van der Waals surface area contributed by atoms with Crippen molar-refractivity contribution in [2.75, 3.05) is 18.5 Å². The summed E-state index contributed by atoms with van der Waals surface area (Å²) in [7, 11) is 1.51. The van der Waals surface area contributed by atoms with Crippen LogP contribution in [0.4, 0.5) is 5.69 Å². The molecule has 0 atom stereocenters. The van der Waals surface area contributed by atoms with Crippen LogP contribution in [0.1, 0.15) is 21.9 Å². The van der Waals surface area contributed by atoms with E-state index in [2.05, 4.69) is 27.2 Å². The predicted molar refractivity (Wildman–Crippen MR) is 117 cm³/mol. The topological polar surface area (TPSA) is 71.8 Å². The molecule has 0 radical (unpaired) electrons. The van der Waals surface area contributed by atoms with Gasteiger partial charge in [0.2, 0.25) is 5.91 Å². The van der Waals surface area contributed by atoms with Crippen molar-refractivity contribution in [2.45, 2.75) is 6.61 Å². The number of benzene rings is 2. The number of furan rings is 1. The van der Waals surface area contributed by atoms with E-state index in [9.17, 15) is 9.59 Å². The molecule has 30 heavy (non-hydrogen) atoms. The van der Waals surface area contributed by atoms with Crippen molar-refractivity contribution in [1.82, 2.24) is 5.32 Å². The fourth-order valence-electron chi connectivity index (χ4n) is 2.68. The van der Waals surface area contributed by atoms with E-state index in [1.165, 1.54) is 11.9 Å². The summed E-state index contributed by atoms with van der Waals surface area (Å²) in [5, 5.41) is 2.52. The average Bonchev–Trinajstić information content (AvgIpc) is 3.24. The smallest absolute Gasteiger partial charge is 0.294 e. The van der Waals surface area contributed by atoms with Crippen molar-refractivity contribution >= 4 is 33.4 Å². The summed E-state index contributed by atoms with van der Waals surface area (Å²) in [4.78, 5) is 26.4. The molecular formula is C23H19BrN2O4. The van der Waals surface area contributed by atoms with E-state index in [-0.39, 0.29) is 24.8 Å². The van der Waals surface area contributed by atoms with Gasteiger partial charge in [0, 0.05) is 22.8 Å². The van der Waals surface area contributed by atoms with Crippen LogP contribution in [-0.4, -0.2) is 25.4 Å². The molecular weight excluding hydrogens is 448 g/mol. The van der Waals surface area contributed by atoms with Gasteiger partial charge in [-0.25, -0.2) is 0 Å². The molecule has 6 nitrogen and oxygen atoms in total. The number of hydrogen-bond acceptors (Lipinski definition) is 4. The van der Waals surface area contributed by atoms with Gasteiger partial charge in [-0.05, 0) is 48.5 Å². The van der Waals surface area contributed by atoms with Gasteiger partial charge in [0.25, 0.3) is 5.91 Å². The quantitative estimate of drug-likeness (QED) is 0.534.